The first-order valence-corrected chi connectivity index (χ1v) is 4.61. The molecule has 0 atom stereocenters. The van der Waals surface area contributed by atoms with Crippen LogP contribution in [0.25, 0.3) is 10.1 Å². The zero-order valence-electron chi connectivity index (χ0n) is 6.95. The van der Waals surface area contributed by atoms with E-state index >= 15 is 0 Å². The van der Waals surface area contributed by atoms with Crippen LogP contribution in [0.4, 0.5) is 10.1 Å². The maximum Gasteiger partial charge on any atom is 0.345 e. The van der Waals surface area contributed by atoms with E-state index in [1.807, 2.05) is 0 Å². The van der Waals surface area contributed by atoms with E-state index in [4.69, 9.17) is 10.8 Å². The van der Waals surface area contributed by atoms with Crippen LogP contribution in [-0.4, -0.2) is 11.1 Å². The largest absolute Gasteiger partial charge is 0.477 e. The molecule has 0 radical (unpaired) electrons. The van der Waals surface area contributed by atoms with Crippen molar-refractivity contribution in [3.05, 3.63) is 28.9 Å². The molecule has 0 unspecified atom stereocenters. The topological polar surface area (TPSA) is 63.3 Å². The van der Waals surface area contributed by atoms with E-state index in [0.717, 1.165) is 11.3 Å². The summed E-state index contributed by atoms with van der Waals surface area (Å²) in [7, 11) is 0. The zero-order valence-corrected chi connectivity index (χ0v) is 7.77. The van der Waals surface area contributed by atoms with Crippen LogP contribution in [0, 0.1) is 5.82 Å². The lowest BCUT2D eigenvalue weighted by Crippen LogP contribution is -1.89. The molecule has 72 valence electrons. The van der Waals surface area contributed by atoms with Gasteiger partial charge in [0.05, 0.1) is 5.69 Å². The molecule has 0 aliphatic carbocycles. The van der Waals surface area contributed by atoms with Crippen LogP contribution in [0.2, 0.25) is 0 Å². The van der Waals surface area contributed by atoms with Crippen molar-refractivity contribution >= 4 is 33.1 Å². The number of carboxylic acid groups (broad SMARTS) is 1. The summed E-state index contributed by atoms with van der Waals surface area (Å²) < 4.78 is 13.6. The van der Waals surface area contributed by atoms with E-state index in [0.29, 0.717) is 10.1 Å². The first kappa shape index (κ1) is 8.96. The predicted molar refractivity (Wildman–Crippen MR) is 53.2 cm³/mol. The number of hydrogen-bond donors (Lipinski definition) is 2. The molecule has 0 aliphatic rings. The molecule has 3 nitrogen and oxygen atoms in total. The summed E-state index contributed by atoms with van der Waals surface area (Å²) in [6.45, 7) is 0. The number of nitrogens with two attached hydrogens (primary N) is 1. The van der Waals surface area contributed by atoms with Gasteiger partial charge >= 0.3 is 5.97 Å². The van der Waals surface area contributed by atoms with E-state index < -0.39 is 11.8 Å². The SMILES string of the molecule is Nc1cc2cc(C(=O)O)sc2cc1F. The Hall–Kier alpha value is -1.62. The molecule has 3 N–H and O–H groups in total. The van der Waals surface area contributed by atoms with Crippen molar-refractivity contribution in [1.29, 1.82) is 0 Å². The summed E-state index contributed by atoms with van der Waals surface area (Å²) in [5.41, 5.74) is 5.39. The summed E-state index contributed by atoms with van der Waals surface area (Å²) in [6.07, 6.45) is 0. The summed E-state index contributed by atoms with van der Waals surface area (Å²) in [6, 6.07) is 4.17. The van der Waals surface area contributed by atoms with Gasteiger partial charge in [0.25, 0.3) is 0 Å². The molecular formula is C9H6FNO2S. The number of halogens is 1. The van der Waals surface area contributed by atoms with Gasteiger partial charge in [0.1, 0.15) is 10.7 Å². The Labute approximate surface area is 82.6 Å². The van der Waals surface area contributed by atoms with Crippen LogP contribution in [0.3, 0.4) is 0 Å². The highest BCUT2D eigenvalue weighted by Crippen LogP contribution is 2.28. The lowest BCUT2D eigenvalue weighted by atomic mass is 10.2. The molecule has 14 heavy (non-hydrogen) atoms. The number of carbonyl (C=O) groups is 1. The lowest BCUT2D eigenvalue weighted by Gasteiger charge is -1.94. The molecule has 0 amide bonds. The smallest absolute Gasteiger partial charge is 0.345 e. The molecule has 0 bridgehead atoms. The molecule has 2 rings (SSSR count). The Bertz CT molecular complexity index is 482. The predicted octanol–water partition coefficient (Wildman–Crippen LogP) is 2.32. The van der Waals surface area contributed by atoms with Crippen molar-refractivity contribution in [3.63, 3.8) is 0 Å². The van der Waals surface area contributed by atoms with Crippen LogP contribution in [-0.2, 0) is 0 Å². The van der Waals surface area contributed by atoms with Crippen molar-refractivity contribution < 1.29 is 14.3 Å². The van der Waals surface area contributed by atoms with Gasteiger partial charge in [0.2, 0.25) is 0 Å². The second kappa shape index (κ2) is 2.95. The first-order chi connectivity index (χ1) is 6.58. The van der Waals surface area contributed by atoms with Crippen LogP contribution in [0.1, 0.15) is 9.67 Å². The fourth-order valence-electron chi connectivity index (χ4n) is 1.19. The van der Waals surface area contributed by atoms with Crippen LogP contribution >= 0.6 is 11.3 Å². The molecule has 1 aromatic carbocycles. The molecule has 0 spiro atoms. The number of thiophene rings is 1. The number of benzene rings is 1. The summed E-state index contributed by atoms with van der Waals surface area (Å²) in [5, 5.41) is 9.37. The molecule has 5 heteroatoms. The highest BCUT2D eigenvalue weighted by atomic mass is 32.1. The molecule has 0 fully saturated rings. The standard InChI is InChI=1S/C9H6FNO2S/c10-5-3-7-4(1-6(5)11)2-8(14-7)9(12)13/h1-3H,11H2,(H,12,13). The van der Waals surface area contributed by atoms with Crippen molar-refractivity contribution in [2.75, 3.05) is 5.73 Å². The Morgan fingerprint density at radius 3 is 2.79 bits per heavy atom. The second-order valence-electron chi connectivity index (χ2n) is 2.83. The first-order valence-electron chi connectivity index (χ1n) is 3.80. The lowest BCUT2D eigenvalue weighted by molar-refractivity contribution is 0.0702. The quantitative estimate of drug-likeness (QED) is 0.711. The van der Waals surface area contributed by atoms with Crippen molar-refractivity contribution in [2.24, 2.45) is 0 Å². The maximum absolute atomic E-state index is 13.0. The molecule has 2 aromatic rings. The van der Waals surface area contributed by atoms with Crippen LogP contribution in [0.15, 0.2) is 18.2 Å². The summed E-state index contributed by atoms with van der Waals surface area (Å²) in [4.78, 5) is 10.8. The Balaban J connectivity index is 2.72. The van der Waals surface area contributed by atoms with E-state index in [1.54, 1.807) is 0 Å². The normalized spacial score (nSPS) is 10.6. The van der Waals surface area contributed by atoms with Gasteiger partial charge in [-0.3, -0.25) is 0 Å². The molecular weight excluding hydrogens is 205 g/mol. The van der Waals surface area contributed by atoms with E-state index in [2.05, 4.69) is 0 Å². The minimum Gasteiger partial charge on any atom is -0.477 e. The van der Waals surface area contributed by atoms with Gasteiger partial charge < -0.3 is 10.8 Å². The number of fused-ring (bicyclic) bond motifs is 1. The molecule has 0 aliphatic heterocycles. The minimum absolute atomic E-state index is 0.0345. The number of nitrogen functional groups attached to an aromatic ring is 1. The molecule has 1 aromatic heterocycles. The van der Waals surface area contributed by atoms with Gasteiger partial charge in [-0.25, -0.2) is 9.18 Å². The monoisotopic (exact) mass is 211 g/mol. The van der Waals surface area contributed by atoms with Gasteiger partial charge in [0, 0.05) is 4.70 Å². The average molecular weight is 211 g/mol. The fourth-order valence-corrected chi connectivity index (χ4v) is 2.09. The van der Waals surface area contributed by atoms with Gasteiger partial charge in [0.15, 0.2) is 0 Å². The van der Waals surface area contributed by atoms with Crippen LogP contribution in [0.5, 0.6) is 0 Å². The fraction of sp³-hybridized carbons (Fsp3) is 0. The minimum atomic E-state index is -1.01. The summed E-state index contributed by atoms with van der Waals surface area (Å²) >= 11 is 1.03. The van der Waals surface area contributed by atoms with Gasteiger partial charge in [-0.15, -0.1) is 11.3 Å². The van der Waals surface area contributed by atoms with E-state index in [1.165, 1.54) is 18.2 Å². The van der Waals surface area contributed by atoms with Crippen molar-refractivity contribution in [2.45, 2.75) is 0 Å². The number of anilines is 1. The van der Waals surface area contributed by atoms with Gasteiger partial charge in [-0.05, 0) is 23.6 Å². The highest BCUT2D eigenvalue weighted by Gasteiger charge is 2.10. The van der Waals surface area contributed by atoms with Gasteiger partial charge in [-0.2, -0.15) is 0 Å². The Morgan fingerprint density at radius 1 is 1.43 bits per heavy atom. The average Bonchev–Trinajstić information content (AvgIpc) is 2.48. The van der Waals surface area contributed by atoms with E-state index in [-0.39, 0.29) is 10.6 Å². The van der Waals surface area contributed by atoms with Gasteiger partial charge in [-0.1, -0.05) is 0 Å². The number of hydrogen-bond acceptors (Lipinski definition) is 3. The third-order valence-corrected chi connectivity index (χ3v) is 2.93. The summed E-state index contributed by atoms with van der Waals surface area (Å²) in [5.74, 6) is -1.53. The molecule has 0 saturated heterocycles. The second-order valence-corrected chi connectivity index (χ2v) is 3.91. The third-order valence-electron chi connectivity index (χ3n) is 1.85. The van der Waals surface area contributed by atoms with Crippen LogP contribution < -0.4 is 5.73 Å². The Kier molecular flexibility index (Phi) is 1.89. The number of aromatic carboxylic acids is 1. The van der Waals surface area contributed by atoms with E-state index in [9.17, 15) is 9.18 Å². The highest BCUT2D eigenvalue weighted by molar-refractivity contribution is 7.20. The number of carboxylic acids is 1. The number of rotatable bonds is 1. The Morgan fingerprint density at radius 2 is 2.14 bits per heavy atom. The third kappa shape index (κ3) is 1.31. The maximum atomic E-state index is 13.0. The molecule has 1 heterocycles. The van der Waals surface area contributed by atoms with Crippen molar-refractivity contribution in [3.8, 4) is 0 Å². The molecule has 0 saturated carbocycles. The zero-order chi connectivity index (χ0) is 10.3. The van der Waals surface area contributed by atoms with Crippen molar-refractivity contribution in [1.82, 2.24) is 0 Å².